The minimum Gasteiger partial charge on any atom is -0.385 e. The number of nitrogen functional groups attached to an aromatic ring is 1. The van der Waals surface area contributed by atoms with E-state index in [-0.39, 0.29) is 16.9 Å². The summed E-state index contributed by atoms with van der Waals surface area (Å²) in [6.07, 6.45) is 1.59. The molecule has 0 bridgehead atoms. The molecular formula is C14H12N4O2. The second-order valence-electron chi connectivity index (χ2n) is 4.43. The van der Waals surface area contributed by atoms with Crippen LogP contribution in [0.5, 0.6) is 0 Å². The minimum absolute atomic E-state index is 0.183. The van der Waals surface area contributed by atoms with Crippen molar-refractivity contribution in [1.82, 2.24) is 9.38 Å². The van der Waals surface area contributed by atoms with Crippen LogP contribution in [0.4, 0.5) is 5.82 Å². The number of nitrogens with one attached hydrogen (secondary N) is 1. The van der Waals surface area contributed by atoms with Gasteiger partial charge in [-0.15, -0.1) is 0 Å². The van der Waals surface area contributed by atoms with Crippen molar-refractivity contribution in [3.63, 3.8) is 0 Å². The number of hydrogen-bond donors (Lipinski definition) is 3. The number of anilines is 1. The minimum atomic E-state index is -0.618. The van der Waals surface area contributed by atoms with E-state index in [2.05, 4.69) is 4.98 Å². The summed E-state index contributed by atoms with van der Waals surface area (Å²) in [5.41, 5.74) is 12.7. The first kappa shape index (κ1) is 12.0. The van der Waals surface area contributed by atoms with Crippen LogP contribution in [0.1, 0.15) is 10.4 Å². The van der Waals surface area contributed by atoms with E-state index < -0.39 is 5.91 Å². The number of hydrogen-bond acceptors (Lipinski definition) is 3. The number of aromatic nitrogens is 2. The number of rotatable bonds is 2. The lowest BCUT2D eigenvalue weighted by atomic mass is 10.0. The zero-order valence-corrected chi connectivity index (χ0v) is 10.5. The molecule has 0 spiro atoms. The highest BCUT2D eigenvalue weighted by Gasteiger charge is 2.18. The molecule has 0 radical (unpaired) electrons. The van der Waals surface area contributed by atoms with Gasteiger partial charge >= 0.3 is 0 Å². The maximum Gasteiger partial charge on any atom is 0.259 e. The number of primary amides is 1. The van der Waals surface area contributed by atoms with Crippen molar-refractivity contribution < 1.29 is 4.79 Å². The largest absolute Gasteiger partial charge is 0.385 e. The second-order valence-corrected chi connectivity index (χ2v) is 4.43. The highest BCUT2D eigenvalue weighted by molar-refractivity contribution is 6.06. The zero-order valence-electron chi connectivity index (χ0n) is 10.5. The molecule has 1 amide bonds. The third kappa shape index (κ3) is 1.74. The van der Waals surface area contributed by atoms with Gasteiger partial charge in [0.1, 0.15) is 11.5 Å². The number of carbonyl (C=O) groups excluding carboxylic acids is 1. The first-order valence-electron chi connectivity index (χ1n) is 5.97. The summed E-state index contributed by atoms with van der Waals surface area (Å²) in [5.74, 6) is -0.435. The summed E-state index contributed by atoms with van der Waals surface area (Å²) in [7, 11) is 0. The highest BCUT2D eigenvalue weighted by atomic mass is 16.1. The molecule has 6 heteroatoms. The van der Waals surface area contributed by atoms with Crippen molar-refractivity contribution in [2.75, 3.05) is 5.73 Å². The molecule has 2 heterocycles. The van der Waals surface area contributed by atoms with Crippen LogP contribution in [0.2, 0.25) is 0 Å². The van der Waals surface area contributed by atoms with Gasteiger partial charge in [-0.2, -0.15) is 0 Å². The van der Waals surface area contributed by atoms with Gasteiger partial charge in [0.25, 0.3) is 11.5 Å². The fraction of sp³-hybridized carbons (Fsp3) is 0. The van der Waals surface area contributed by atoms with Crippen LogP contribution in [0, 0.1) is 0 Å². The molecule has 0 aliphatic heterocycles. The van der Waals surface area contributed by atoms with Gasteiger partial charge in [0.2, 0.25) is 0 Å². The molecule has 0 saturated heterocycles. The summed E-state index contributed by atoms with van der Waals surface area (Å²) in [5, 5.41) is 0. The van der Waals surface area contributed by atoms with Crippen LogP contribution in [-0.2, 0) is 0 Å². The summed E-state index contributed by atoms with van der Waals surface area (Å²) >= 11 is 0. The predicted molar refractivity (Wildman–Crippen MR) is 76.4 cm³/mol. The smallest absolute Gasteiger partial charge is 0.259 e. The first-order chi connectivity index (χ1) is 9.58. The van der Waals surface area contributed by atoms with E-state index in [4.69, 9.17) is 11.5 Å². The van der Waals surface area contributed by atoms with Crippen LogP contribution < -0.4 is 17.0 Å². The maximum atomic E-state index is 11.9. The maximum absolute atomic E-state index is 11.9. The molecule has 2 aromatic heterocycles. The van der Waals surface area contributed by atoms with Crippen molar-refractivity contribution in [2.24, 2.45) is 5.73 Å². The number of carbonyl (C=O) groups is 1. The molecule has 5 N–H and O–H groups in total. The molecule has 0 atom stereocenters. The van der Waals surface area contributed by atoms with Crippen LogP contribution in [-0.4, -0.2) is 15.3 Å². The molecule has 3 aromatic rings. The van der Waals surface area contributed by atoms with E-state index in [0.29, 0.717) is 11.2 Å². The Labute approximate surface area is 113 Å². The van der Waals surface area contributed by atoms with Crippen LogP contribution in [0.25, 0.3) is 16.8 Å². The van der Waals surface area contributed by atoms with Crippen molar-refractivity contribution in [3.8, 4) is 11.1 Å². The summed E-state index contributed by atoms with van der Waals surface area (Å²) in [4.78, 5) is 26.5. The third-order valence-corrected chi connectivity index (χ3v) is 3.12. The Kier molecular flexibility index (Phi) is 2.57. The molecular weight excluding hydrogens is 256 g/mol. The van der Waals surface area contributed by atoms with E-state index in [9.17, 15) is 9.59 Å². The number of nitrogens with zero attached hydrogens (tertiary/aromatic N) is 1. The molecule has 6 nitrogen and oxygen atoms in total. The van der Waals surface area contributed by atoms with Gasteiger partial charge in [0.05, 0.1) is 5.56 Å². The summed E-state index contributed by atoms with van der Waals surface area (Å²) < 4.78 is 1.33. The number of H-pyrrole nitrogens is 1. The Morgan fingerprint density at radius 3 is 2.55 bits per heavy atom. The van der Waals surface area contributed by atoms with E-state index in [1.807, 2.05) is 30.3 Å². The first-order valence-corrected chi connectivity index (χ1v) is 5.97. The second kappa shape index (κ2) is 4.27. The topological polar surface area (TPSA) is 106 Å². The van der Waals surface area contributed by atoms with Gasteiger partial charge in [-0.05, 0) is 5.56 Å². The number of benzene rings is 1. The molecule has 0 aliphatic rings. The standard InChI is InChI=1S/C14H12N4O2/c15-10-6-11(19)18-7-9(8-4-2-1-3-5-8)12(13(16)20)14(18)17-10/h1-7,17H,15H2,(H2,16,20). The SMILES string of the molecule is NC(=O)c1c(-c2ccccc2)cn2c(=O)cc(N)[nH]c12. The number of nitrogens with two attached hydrogens (primary N) is 2. The molecule has 20 heavy (non-hydrogen) atoms. The Bertz CT molecular complexity index is 862. The molecule has 100 valence electrons. The van der Waals surface area contributed by atoms with E-state index >= 15 is 0 Å². The molecule has 0 aliphatic carbocycles. The Hall–Kier alpha value is -3.02. The van der Waals surface area contributed by atoms with Crippen molar-refractivity contribution in [2.45, 2.75) is 0 Å². The highest BCUT2D eigenvalue weighted by Crippen LogP contribution is 2.27. The number of aromatic amines is 1. The molecule has 0 saturated carbocycles. The van der Waals surface area contributed by atoms with Gasteiger partial charge in [0, 0.05) is 17.8 Å². The average Bonchev–Trinajstić information content (AvgIpc) is 2.79. The number of fused-ring (bicyclic) bond motifs is 1. The van der Waals surface area contributed by atoms with Crippen molar-refractivity contribution in [3.05, 3.63) is 58.5 Å². The average molecular weight is 268 g/mol. The van der Waals surface area contributed by atoms with Gasteiger partial charge in [-0.1, -0.05) is 30.3 Å². The van der Waals surface area contributed by atoms with E-state index in [0.717, 1.165) is 5.56 Å². The monoisotopic (exact) mass is 268 g/mol. The van der Waals surface area contributed by atoms with Crippen LogP contribution in [0.3, 0.4) is 0 Å². The Morgan fingerprint density at radius 2 is 1.90 bits per heavy atom. The van der Waals surface area contributed by atoms with Gasteiger partial charge in [-0.25, -0.2) is 0 Å². The fourth-order valence-electron chi connectivity index (χ4n) is 2.26. The lowest BCUT2D eigenvalue weighted by Crippen LogP contribution is -2.16. The summed E-state index contributed by atoms with van der Waals surface area (Å²) in [6, 6.07) is 10.5. The van der Waals surface area contributed by atoms with Crippen LogP contribution in [0.15, 0.2) is 47.4 Å². The lowest BCUT2D eigenvalue weighted by molar-refractivity contribution is 0.100. The van der Waals surface area contributed by atoms with Gasteiger partial charge < -0.3 is 16.5 Å². The molecule has 0 unspecified atom stereocenters. The summed E-state index contributed by atoms with van der Waals surface area (Å²) in [6.45, 7) is 0. The fourth-order valence-corrected chi connectivity index (χ4v) is 2.26. The van der Waals surface area contributed by atoms with Crippen LogP contribution >= 0.6 is 0 Å². The normalized spacial score (nSPS) is 10.8. The molecule has 1 aromatic carbocycles. The molecule has 3 rings (SSSR count). The zero-order chi connectivity index (χ0) is 14.3. The Balaban J connectivity index is 2.44. The van der Waals surface area contributed by atoms with Crippen molar-refractivity contribution >= 4 is 17.4 Å². The lowest BCUT2D eigenvalue weighted by Gasteiger charge is -2.01. The van der Waals surface area contributed by atoms with Gasteiger partial charge in [-0.3, -0.25) is 14.0 Å². The number of amides is 1. The molecule has 0 fully saturated rings. The van der Waals surface area contributed by atoms with E-state index in [1.165, 1.54) is 10.5 Å². The Morgan fingerprint density at radius 1 is 1.20 bits per heavy atom. The van der Waals surface area contributed by atoms with Crippen molar-refractivity contribution in [1.29, 1.82) is 0 Å². The third-order valence-electron chi connectivity index (χ3n) is 3.12. The van der Waals surface area contributed by atoms with E-state index in [1.54, 1.807) is 6.20 Å². The quantitative estimate of drug-likeness (QED) is 0.644. The predicted octanol–water partition coefficient (Wildman–Crippen LogP) is 0.976. The van der Waals surface area contributed by atoms with Gasteiger partial charge in [0.15, 0.2) is 0 Å².